The van der Waals surface area contributed by atoms with Crippen LogP contribution in [-0.2, 0) is 6.42 Å². The number of hydrogen-bond acceptors (Lipinski definition) is 3. The van der Waals surface area contributed by atoms with E-state index in [2.05, 4.69) is 0 Å². The summed E-state index contributed by atoms with van der Waals surface area (Å²) in [5.41, 5.74) is 1.75. The van der Waals surface area contributed by atoms with Gasteiger partial charge in [0, 0.05) is 17.5 Å². The fourth-order valence-electron chi connectivity index (χ4n) is 1.85. The molecule has 3 nitrogen and oxygen atoms in total. The van der Waals surface area contributed by atoms with Gasteiger partial charge in [0.25, 0.3) is 0 Å². The third-order valence-electron chi connectivity index (χ3n) is 2.58. The fourth-order valence-corrected chi connectivity index (χ4v) is 1.85. The van der Waals surface area contributed by atoms with Gasteiger partial charge in [-0.2, -0.15) is 0 Å². The largest absolute Gasteiger partial charge is 0.493 e. The first kappa shape index (κ1) is 10.0. The summed E-state index contributed by atoms with van der Waals surface area (Å²) in [5, 5.41) is 0. The molecular formula is C12H14O3. The highest BCUT2D eigenvalue weighted by Crippen LogP contribution is 2.38. The molecule has 0 aromatic heterocycles. The van der Waals surface area contributed by atoms with Crippen LogP contribution in [-0.4, -0.2) is 19.0 Å². The molecule has 0 radical (unpaired) electrons. The first-order valence-electron chi connectivity index (χ1n) is 5.00. The maximum absolute atomic E-state index is 11.3. The highest BCUT2D eigenvalue weighted by atomic mass is 16.5. The van der Waals surface area contributed by atoms with Crippen molar-refractivity contribution in [1.82, 2.24) is 0 Å². The molecule has 1 aliphatic heterocycles. The lowest BCUT2D eigenvalue weighted by Crippen LogP contribution is -2.05. The van der Waals surface area contributed by atoms with Gasteiger partial charge in [0.2, 0.25) is 0 Å². The van der Waals surface area contributed by atoms with E-state index in [4.69, 9.17) is 9.47 Å². The molecule has 0 saturated carbocycles. The number of ether oxygens (including phenoxy) is 2. The molecule has 0 aliphatic carbocycles. The molecule has 1 aliphatic rings. The Hall–Kier alpha value is -1.51. The summed E-state index contributed by atoms with van der Waals surface area (Å²) in [4.78, 5) is 11.3. The van der Waals surface area contributed by atoms with E-state index in [0.717, 1.165) is 17.7 Å². The zero-order valence-corrected chi connectivity index (χ0v) is 9.16. The molecule has 1 unspecified atom stereocenters. The normalized spacial score (nSPS) is 18.2. The molecule has 0 N–H and O–H groups in total. The van der Waals surface area contributed by atoms with Crippen molar-refractivity contribution in [2.24, 2.45) is 0 Å². The maximum Gasteiger partial charge on any atom is 0.164 e. The van der Waals surface area contributed by atoms with Crippen LogP contribution in [0.5, 0.6) is 11.5 Å². The molecular weight excluding hydrogens is 192 g/mol. The predicted octanol–water partition coefficient (Wildman–Crippen LogP) is 2.22. The monoisotopic (exact) mass is 206 g/mol. The Kier molecular flexibility index (Phi) is 2.39. The highest BCUT2D eigenvalue weighted by Gasteiger charge is 2.24. The summed E-state index contributed by atoms with van der Waals surface area (Å²) >= 11 is 0. The van der Waals surface area contributed by atoms with Gasteiger partial charge >= 0.3 is 0 Å². The summed E-state index contributed by atoms with van der Waals surface area (Å²) in [6, 6.07) is 3.63. The number of carbonyl (C=O) groups is 1. The Bertz CT molecular complexity index is 410. The van der Waals surface area contributed by atoms with Gasteiger partial charge in [0.15, 0.2) is 17.3 Å². The average Bonchev–Trinajstić information content (AvgIpc) is 2.56. The van der Waals surface area contributed by atoms with E-state index in [0.29, 0.717) is 11.3 Å². The summed E-state index contributed by atoms with van der Waals surface area (Å²) in [7, 11) is 1.59. The van der Waals surface area contributed by atoms with E-state index in [1.54, 1.807) is 20.1 Å². The van der Waals surface area contributed by atoms with Crippen molar-refractivity contribution in [1.29, 1.82) is 0 Å². The van der Waals surface area contributed by atoms with Crippen LogP contribution in [0.4, 0.5) is 0 Å². The number of ketones is 1. The molecule has 0 spiro atoms. The van der Waals surface area contributed by atoms with Gasteiger partial charge in [-0.25, -0.2) is 0 Å². The summed E-state index contributed by atoms with van der Waals surface area (Å²) < 4.78 is 10.8. The Balaban J connectivity index is 2.52. The molecule has 0 saturated heterocycles. The highest BCUT2D eigenvalue weighted by molar-refractivity contribution is 5.95. The Morgan fingerprint density at radius 3 is 2.87 bits per heavy atom. The molecule has 1 atom stereocenters. The molecule has 1 heterocycles. The standard InChI is InChI=1S/C12H14O3/c1-7-4-10-5-9(8(2)13)6-11(14-3)12(10)15-7/h5-7H,4H2,1-3H3. The van der Waals surface area contributed by atoms with Gasteiger partial charge < -0.3 is 9.47 Å². The Labute approximate surface area is 89.0 Å². The molecule has 1 aromatic rings. The second-order valence-corrected chi connectivity index (χ2v) is 3.86. The quantitative estimate of drug-likeness (QED) is 0.696. The number of fused-ring (bicyclic) bond motifs is 1. The lowest BCUT2D eigenvalue weighted by Gasteiger charge is -2.09. The van der Waals surface area contributed by atoms with Crippen LogP contribution in [0.1, 0.15) is 29.8 Å². The van der Waals surface area contributed by atoms with E-state index >= 15 is 0 Å². The van der Waals surface area contributed by atoms with Gasteiger partial charge in [-0.3, -0.25) is 4.79 Å². The van der Waals surface area contributed by atoms with Gasteiger partial charge in [-0.15, -0.1) is 0 Å². The van der Waals surface area contributed by atoms with Gasteiger partial charge in [-0.05, 0) is 26.0 Å². The van der Waals surface area contributed by atoms with Gasteiger partial charge in [0.05, 0.1) is 7.11 Å². The number of Topliss-reactive ketones (excluding diaryl/α,β-unsaturated/α-hetero) is 1. The van der Waals surface area contributed by atoms with Crippen molar-refractivity contribution in [2.45, 2.75) is 26.4 Å². The number of benzene rings is 1. The minimum atomic E-state index is 0.0515. The van der Waals surface area contributed by atoms with Crippen molar-refractivity contribution in [3.05, 3.63) is 23.3 Å². The van der Waals surface area contributed by atoms with E-state index in [1.165, 1.54) is 0 Å². The van der Waals surface area contributed by atoms with Crippen LogP contribution in [0.15, 0.2) is 12.1 Å². The lowest BCUT2D eigenvalue weighted by atomic mass is 10.0. The van der Waals surface area contributed by atoms with Crippen LogP contribution >= 0.6 is 0 Å². The minimum Gasteiger partial charge on any atom is -0.493 e. The molecule has 0 amide bonds. The maximum atomic E-state index is 11.3. The first-order chi connectivity index (χ1) is 7.11. The first-order valence-corrected chi connectivity index (χ1v) is 5.00. The summed E-state index contributed by atoms with van der Waals surface area (Å²) in [6.07, 6.45) is 1.00. The second-order valence-electron chi connectivity index (χ2n) is 3.86. The minimum absolute atomic E-state index is 0.0515. The summed E-state index contributed by atoms with van der Waals surface area (Å²) in [6.45, 7) is 3.56. The van der Waals surface area contributed by atoms with Crippen LogP contribution in [0, 0.1) is 0 Å². The zero-order valence-electron chi connectivity index (χ0n) is 9.16. The molecule has 1 aromatic carbocycles. The number of rotatable bonds is 2. The third kappa shape index (κ3) is 1.69. The van der Waals surface area contributed by atoms with Crippen molar-refractivity contribution >= 4 is 5.78 Å². The number of hydrogen-bond donors (Lipinski definition) is 0. The van der Waals surface area contributed by atoms with E-state index in [9.17, 15) is 4.79 Å². The molecule has 80 valence electrons. The molecule has 2 rings (SSSR count). The van der Waals surface area contributed by atoms with E-state index in [-0.39, 0.29) is 11.9 Å². The van der Waals surface area contributed by atoms with Crippen LogP contribution in [0.25, 0.3) is 0 Å². The molecule has 0 fully saturated rings. The van der Waals surface area contributed by atoms with E-state index < -0.39 is 0 Å². The predicted molar refractivity (Wildman–Crippen MR) is 56.8 cm³/mol. The summed E-state index contributed by atoms with van der Waals surface area (Å²) in [5.74, 6) is 1.49. The second kappa shape index (κ2) is 3.57. The van der Waals surface area contributed by atoms with Gasteiger partial charge in [0.1, 0.15) is 6.10 Å². The van der Waals surface area contributed by atoms with Crippen molar-refractivity contribution in [3.8, 4) is 11.5 Å². The van der Waals surface area contributed by atoms with Gasteiger partial charge in [-0.1, -0.05) is 0 Å². The van der Waals surface area contributed by atoms with E-state index in [1.807, 2.05) is 13.0 Å². The Morgan fingerprint density at radius 2 is 2.27 bits per heavy atom. The molecule has 0 bridgehead atoms. The van der Waals surface area contributed by atoms with Crippen molar-refractivity contribution in [2.75, 3.05) is 7.11 Å². The number of carbonyl (C=O) groups excluding carboxylic acids is 1. The third-order valence-corrected chi connectivity index (χ3v) is 2.58. The van der Waals surface area contributed by atoms with Crippen LogP contribution < -0.4 is 9.47 Å². The zero-order chi connectivity index (χ0) is 11.0. The van der Waals surface area contributed by atoms with Crippen LogP contribution in [0.3, 0.4) is 0 Å². The fraction of sp³-hybridized carbons (Fsp3) is 0.417. The smallest absolute Gasteiger partial charge is 0.164 e. The van der Waals surface area contributed by atoms with Crippen molar-refractivity contribution in [3.63, 3.8) is 0 Å². The Morgan fingerprint density at radius 1 is 1.53 bits per heavy atom. The van der Waals surface area contributed by atoms with Crippen molar-refractivity contribution < 1.29 is 14.3 Å². The molecule has 15 heavy (non-hydrogen) atoms. The lowest BCUT2D eigenvalue weighted by molar-refractivity contribution is 0.101. The topological polar surface area (TPSA) is 35.5 Å². The van der Waals surface area contributed by atoms with Crippen LogP contribution in [0.2, 0.25) is 0 Å². The number of methoxy groups -OCH3 is 1. The molecule has 3 heteroatoms. The SMILES string of the molecule is COc1cc(C(C)=O)cc2c1OC(C)C2. The average molecular weight is 206 g/mol.